The standard InChI is InChI=1S/C18H31N5O/c1-14(2)21(3)18(24)23-10-6-7-15(13-23)17-16(11-19-20-17)12-22-8-4-5-9-22/h11,14-15H,4-10,12-13H2,1-3H3,(H,19,20). The van der Waals surface area contributed by atoms with Crippen molar-refractivity contribution < 1.29 is 4.79 Å². The third-order valence-corrected chi connectivity index (χ3v) is 5.52. The third-order valence-electron chi connectivity index (χ3n) is 5.52. The van der Waals surface area contributed by atoms with Crippen LogP contribution in [-0.4, -0.2) is 70.2 Å². The fraction of sp³-hybridized carbons (Fsp3) is 0.778. The molecule has 2 aliphatic rings. The van der Waals surface area contributed by atoms with Crippen LogP contribution in [0, 0.1) is 0 Å². The summed E-state index contributed by atoms with van der Waals surface area (Å²) in [5, 5.41) is 7.54. The number of rotatable bonds is 4. The molecule has 2 aliphatic heterocycles. The summed E-state index contributed by atoms with van der Waals surface area (Å²) in [6.45, 7) is 9.15. The summed E-state index contributed by atoms with van der Waals surface area (Å²) in [7, 11) is 1.89. The number of aromatic nitrogens is 2. The van der Waals surface area contributed by atoms with Gasteiger partial charge in [0, 0.05) is 49.9 Å². The molecule has 2 saturated heterocycles. The molecule has 2 amide bonds. The highest BCUT2D eigenvalue weighted by molar-refractivity contribution is 5.74. The predicted molar refractivity (Wildman–Crippen MR) is 94.9 cm³/mol. The first-order valence-corrected chi connectivity index (χ1v) is 9.32. The van der Waals surface area contributed by atoms with Crippen molar-refractivity contribution in [3.05, 3.63) is 17.5 Å². The Kier molecular flexibility index (Phi) is 5.43. The van der Waals surface area contributed by atoms with Crippen LogP contribution in [0.15, 0.2) is 6.20 Å². The van der Waals surface area contributed by atoms with E-state index in [4.69, 9.17) is 0 Å². The van der Waals surface area contributed by atoms with Gasteiger partial charge in [-0.05, 0) is 52.6 Å². The maximum Gasteiger partial charge on any atom is 0.319 e. The molecule has 1 atom stereocenters. The van der Waals surface area contributed by atoms with E-state index in [0.29, 0.717) is 5.92 Å². The summed E-state index contributed by atoms with van der Waals surface area (Å²) in [6, 6.07) is 0.381. The van der Waals surface area contributed by atoms with Gasteiger partial charge in [0.25, 0.3) is 0 Å². The van der Waals surface area contributed by atoms with Gasteiger partial charge in [-0.25, -0.2) is 4.79 Å². The number of carbonyl (C=O) groups is 1. The minimum absolute atomic E-state index is 0.148. The quantitative estimate of drug-likeness (QED) is 0.921. The molecule has 1 aromatic rings. The molecule has 0 bridgehead atoms. The van der Waals surface area contributed by atoms with E-state index in [0.717, 1.165) is 32.5 Å². The van der Waals surface area contributed by atoms with Crippen molar-refractivity contribution in [1.82, 2.24) is 24.9 Å². The second-order valence-electron chi connectivity index (χ2n) is 7.56. The first kappa shape index (κ1) is 17.3. The van der Waals surface area contributed by atoms with E-state index in [1.54, 1.807) is 0 Å². The van der Waals surface area contributed by atoms with Crippen molar-refractivity contribution in [2.75, 3.05) is 33.2 Å². The lowest BCUT2D eigenvalue weighted by Crippen LogP contribution is -2.47. The van der Waals surface area contributed by atoms with Crippen LogP contribution < -0.4 is 0 Å². The van der Waals surface area contributed by atoms with Crippen LogP contribution in [0.25, 0.3) is 0 Å². The summed E-state index contributed by atoms with van der Waals surface area (Å²) >= 11 is 0. The molecule has 24 heavy (non-hydrogen) atoms. The highest BCUT2D eigenvalue weighted by Crippen LogP contribution is 2.29. The first-order valence-electron chi connectivity index (χ1n) is 9.32. The van der Waals surface area contributed by atoms with Gasteiger partial charge in [0.05, 0.1) is 6.20 Å². The number of likely N-dealkylation sites (tertiary alicyclic amines) is 2. The van der Waals surface area contributed by atoms with Gasteiger partial charge in [0.15, 0.2) is 0 Å². The number of nitrogens with zero attached hydrogens (tertiary/aromatic N) is 4. The molecule has 0 saturated carbocycles. The number of urea groups is 1. The Labute approximate surface area is 145 Å². The molecular formula is C18H31N5O. The van der Waals surface area contributed by atoms with Crippen LogP contribution in [-0.2, 0) is 6.54 Å². The fourth-order valence-electron chi connectivity index (χ4n) is 3.81. The molecular weight excluding hydrogens is 302 g/mol. The molecule has 0 aliphatic carbocycles. The smallest absolute Gasteiger partial charge is 0.319 e. The predicted octanol–water partition coefficient (Wildman–Crippen LogP) is 2.65. The van der Waals surface area contributed by atoms with E-state index in [9.17, 15) is 4.79 Å². The Bertz CT molecular complexity index is 549. The topological polar surface area (TPSA) is 55.5 Å². The maximum absolute atomic E-state index is 12.6. The Morgan fingerprint density at radius 3 is 2.79 bits per heavy atom. The van der Waals surface area contributed by atoms with Crippen LogP contribution >= 0.6 is 0 Å². The molecule has 3 rings (SSSR count). The second kappa shape index (κ2) is 7.55. The molecule has 1 N–H and O–H groups in total. The molecule has 2 fully saturated rings. The summed E-state index contributed by atoms with van der Waals surface area (Å²) in [5.41, 5.74) is 2.56. The van der Waals surface area contributed by atoms with E-state index in [2.05, 4.69) is 28.9 Å². The van der Waals surface area contributed by atoms with E-state index >= 15 is 0 Å². The molecule has 1 unspecified atom stereocenters. The van der Waals surface area contributed by atoms with Crippen LogP contribution in [0.5, 0.6) is 0 Å². The number of H-pyrrole nitrogens is 1. The lowest BCUT2D eigenvalue weighted by atomic mass is 9.92. The Balaban J connectivity index is 1.66. The van der Waals surface area contributed by atoms with Gasteiger partial charge in [0.2, 0.25) is 0 Å². The van der Waals surface area contributed by atoms with Gasteiger partial charge >= 0.3 is 6.03 Å². The largest absolute Gasteiger partial charge is 0.325 e. The first-order chi connectivity index (χ1) is 11.6. The van der Waals surface area contributed by atoms with Crippen molar-refractivity contribution >= 4 is 6.03 Å². The van der Waals surface area contributed by atoms with Crippen LogP contribution in [0.4, 0.5) is 4.79 Å². The van der Waals surface area contributed by atoms with Crippen LogP contribution in [0.2, 0.25) is 0 Å². The number of nitrogens with one attached hydrogen (secondary N) is 1. The lowest BCUT2D eigenvalue weighted by Gasteiger charge is -2.36. The number of hydrogen-bond donors (Lipinski definition) is 1. The third kappa shape index (κ3) is 3.74. The van der Waals surface area contributed by atoms with Crippen LogP contribution in [0.1, 0.15) is 56.7 Å². The number of hydrogen-bond acceptors (Lipinski definition) is 3. The Morgan fingerprint density at radius 2 is 2.08 bits per heavy atom. The molecule has 0 radical (unpaired) electrons. The summed E-state index contributed by atoms with van der Waals surface area (Å²) in [6.07, 6.45) is 6.78. The average molecular weight is 333 g/mol. The molecule has 0 aromatic carbocycles. The van der Waals surface area contributed by atoms with Crippen molar-refractivity contribution in [3.63, 3.8) is 0 Å². The Morgan fingerprint density at radius 1 is 1.33 bits per heavy atom. The van der Waals surface area contributed by atoms with E-state index in [-0.39, 0.29) is 12.1 Å². The minimum atomic E-state index is 0.148. The lowest BCUT2D eigenvalue weighted by molar-refractivity contribution is 0.137. The molecule has 0 spiro atoms. The normalized spacial score (nSPS) is 22.3. The number of piperidine rings is 1. The van der Waals surface area contributed by atoms with Gasteiger partial charge in [-0.15, -0.1) is 0 Å². The van der Waals surface area contributed by atoms with E-state index in [1.165, 1.54) is 37.2 Å². The van der Waals surface area contributed by atoms with Crippen LogP contribution in [0.3, 0.4) is 0 Å². The van der Waals surface area contributed by atoms with Crippen molar-refractivity contribution in [2.45, 2.75) is 58.0 Å². The zero-order valence-corrected chi connectivity index (χ0v) is 15.3. The average Bonchev–Trinajstić information content (AvgIpc) is 3.26. The molecule has 3 heterocycles. The molecule has 6 heteroatoms. The second-order valence-corrected chi connectivity index (χ2v) is 7.56. The highest BCUT2D eigenvalue weighted by atomic mass is 16.2. The van der Waals surface area contributed by atoms with Crippen molar-refractivity contribution in [1.29, 1.82) is 0 Å². The monoisotopic (exact) mass is 333 g/mol. The van der Waals surface area contributed by atoms with Gasteiger partial charge < -0.3 is 9.80 Å². The number of aromatic amines is 1. The highest BCUT2D eigenvalue weighted by Gasteiger charge is 2.29. The minimum Gasteiger partial charge on any atom is -0.325 e. The number of carbonyl (C=O) groups excluding carboxylic acids is 1. The van der Waals surface area contributed by atoms with Gasteiger partial charge in [-0.3, -0.25) is 10.00 Å². The zero-order chi connectivity index (χ0) is 17.1. The van der Waals surface area contributed by atoms with Crippen molar-refractivity contribution in [3.8, 4) is 0 Å². The van der Waals surface area contributed by atoms with E-state index < -0.39 is 0 Å². The molecule has 1 aromatic heterocycles. The number of amides is 2. The zero-order valence-electron chi connectivity index (χ0n) is 15.3. The summed E-state index contributed by atoms with van der Waals surface area (Å²) < 4.78 is 0. The molecule has 134 valence electrons. The van der Waals surface area contributed by atoms with Crippen molar-refractivity contribution in [2.24, 2.45) is 0 Å². The Hall–Kier alpha value is -1.56. The molecule has 6 nitrogen and oxygen atoms in total. The maximum atomic E-state index is 12.6. The van der Waals surface area contributed by atoms with Gasteiger partial charge in [0.1, 0.15) is 0 Å². The van der Waals surface area contributed by atoms with Gasteiger partial charge in [-0.1, -0.05) is 0 Å². The van der Waals surface area contributed by atoms with Gasteiger partial charge in [-0.2, -0.15) is 5.10 Å². The fourth-order valence-corrected chi connectivity index (χ4v) is 3.81. The SMILES string of the molecule is CC(C)N(C)C(=O)N1CCCC(c2[nH]ncc2CN2CCCC2)C1. The summed E-state index contributed by atoms with van der Waals surface area (Å²) in [4.78, 5) is 19.0. The summed E-state index contributed by atoms with van der Waals surface area (Å²) in [5.74, 6) is 0.378. The van der Waals surface area contributed by atoms with E-state index in [1.807, 2.05) is 23.0 Å².